The first kappa shape index (κ1) is 32.1. The number of ether oxygens (including phenoxy) is 1. The Balaban J connectivity index is 3.45. The number of carbonyl (C=O) groups excluding carboxylic acids is 1. The van der Waals surface area contributed by atoms with E-state index in [0.29, 0.717) is 4.68 Å². The van der Waals surface area contributed by atoms with Gasteiger partial charge in [0.15, 0.2) is 12.3 Å². The molecule has 6 nitrogen and oxygen atoms in total. The summed E-state index contributed by atoms with van der Waals surface area (Å²) >= 11 is 0. The Bertz CT molecular complexity index is 1090. The van der Waals surface area contributed by atoms with Crippen LogP contribution in [0.25, 0.3) is 0 Å². The van der Waals surface area contributed by atoms with Gasteiger partial charge in [0.05, 0.1) is 0 Å². The molecule has 3 N–H and O–H groups in total. The lowest BCUT2D eigenvalue weighted by molar-refractivity contribution is -0.462. The lowest BCUT2D eigenvalue weighted by Gasteiger charge is -2.42. The minimum atomic E-state index is -8.77. The predicted octanol–water partition coefficient (Wildman–Crippen LogP) is 4.46. The van der Waals surface area contributed by atoms with Crippen LogP contribution in [0.3, 0.4) is 0 Å². The molecule has 23 heteroatoms. The summed E-state index contributed by atoms with van der Waals surface area (Å²) in [5.74, 6) is -60.2. The van der Waals surface area contributed by atoms with Gasteiger partial charge in [0, 0.05) is 7.05 Å². The van der Waals surface area contributed by atoms with Crippen molar-refractivity contribution in [2.24, 2.45) is 7.05 Å². The van der Waals surface area contributed by atoms with Crippen LogP contribution >= 0.6 is 0 Å². The largest absolute Gasteiger partial charge is 0.460 e. The number of aryl methyl sites for hydroxylation is 1. The Morgan fingerprint density at radius 1 is 0.730 bits per heavy atom. The van der Waals surface area contributed by atoms with Crippen molar-refractivity contribution >= 4 is 11.7 Å². The zero-order valence-corrected chi connectivity index (χ0v) is 16.9. The highest BCUT2D eigenvalue weighted by atomic mass is 19.4. The summed E-state index contributed by atoms with van der Waals surface area (Å²) in [6, 6.07) is 0. The van der Waals surface area contributed by atoms with Crippen molar-refractivity contribution in [2.75, 3.05) is 12.3 Å². The van der Waals surface area contributed by atoms with Gasteiger partial charge in [-0.1, -0.05) is 0 Å². The second-order valence-electron chi connectivity index (χ2n) is 6.99. The maximum absolute atomic E-state index is 13.7. The molecule has 1 rings (SSSR count). The van der Waals surface area contributed by atoms with Gasteiger partial charge in [-0.15, -0.1) is 0 Å². The Morgan fingerprint density at radius 3 is 1.41 bits per heavy atom. The minimum Gasteiger partial charge on any atom is -0.454 e. The summed E-state index contributed by atoms with van der Waals surface area (Å²) in [7, 11) is 0.819. The zero-order chi connectivity index (χ0) is 30.0. The summed E-state index contributed by atoms with van der Waals surface area (Å²) in [4.78, 5) is 22.8. The zero-order valence-electron chi connectivity index (χ0n) is 16.9. The van der Waals surface area contributed by atoms with Crippen LogP contribution in [0.2, 0.25) is 0 Å². The van der Waals surface area contributed by atoms with Crippen LogP contribution in [-0.2, 0) is 11.8 Å². The minimum absolute atomic E-state index is 0.340. The first-order valence-electron chi connectivity index (χ1n) is 8.40. The van der Waals surface area contributed by atoms with E-state index in [-0.39, 0.29) is 0 Å². The molecule has 1 aromatic heterocycles. The number of nitrogens with two attached hydrogens (primary N) is 1. The average molecular weight is 589 g/mol. The number of nitrogens with one attached hydrogen (secondary N) is 1. The maximum atomic E-state index is 13.7. The molecule has 1 heterocycles. The van der Waals surface area contributed by atoms with Crippen molar-refractivity contribution in [1.29, 1.82) is 0 Å². The molecular formula is C14H8F17N3O3. The fourth-order valence-corrected chi connectivity index (χ4v) is 2.24. The number of hydrogen-bond donors (Lipinski definition) is 2. The smallest absolute Gasteiger partial charge is 0.454 e. The van der Waals surface area contributed by atoms with E-state index < -0.39 is 77.2 Å². The molecule has 0 aliphatic carbocycles. The Kier molecular flexibility index (Phi) is 7.43. The highest BCUT2D eigenvalue weighted by Crippen LogP contribution is 2.63. The van der Waals surface area contributed by atoms with Crippen LogP contribution < -0.4 is 11.3 Å². The third-order valence-electron chi connectivity index (χ3n) is 4.46. The van der Waals surface area contributed by atoms with Gasteiger partial charge >= 0.3 is 53.6 Å². The van der Waals surface area contributed by atoms with Crippen LogP contribution in [0.4, 0.5) is 80.3 Å². The van der Waals surface area contributed by atoms with Crippen molar-refractivity contribution in [3.8, 4) is 0 Å². The molecule has 0 radical (unpaired) electrons. The number of rotatable bonds is 9. The predicted molar refractivity (Wildman–Crippen MR) is 81.4 cm³/mol. The van der Waals surface area contributed by atoms with Crippen LogP contribution in [0.15, 0.2) is 4.79 Å². The molecule has 216 valence electrons. The van der Waals surface area contributed by atoms with E-state index in [9.17, 15) is 84.2 Å². The summed E-state index contributed by atoms with van der Waals surface area (Å²) < 4.78 is 227. The number of esters is 1. The number of carbonyl (C=O) groups is 1. The number of nitrogen functional groups attached to an aromatic ring is 1. The van der Waals surface area contributed by atoms with Crippen molar-refractivity contribution in [1.82, 2.24) is 9.78 Å². The lowest BCUT2D eigenvalue weighted by atomic mass is 9.89. The van der Waals surface area contributed by atoms with Crippen LogP contribution in [0.1, 0.15) is 10.5 Å². The standard InChI is InChI=1S/C14H8F17N3O3/c1-34-5(35)3(32)4(33-34)6(36)37-2-7(15,16)8(17,18)9(19,20)10(21,22)11(23,24)12(25,26)13(27,28)14(29,30)31/h33H,2,32H2,1H3. The fourth-order valence-electron chi connectivity index (χ4n) is 2.24. The molecule has 0 unspecified atom stereocenters. The number of nitrogens with zero attached hydrogens (tertiary/aromatic N) is 1. The van der Waals surface area contributed by atoms with Crippen LogP contribution in [-0.4, -0.2) is 70.0 Å². The summed E-state index contributed by atoms with van der Waals surface area (Å²) in [6.07, 6.45) is -7.85. The molecule has 0 bridgehead atoms. The Hall–Kier alpha value is -2.91. The van der Waals surface area contributed by atoms with E-state index >= 15 is 0 Å². The quantitative estimate of drug-likeness (QED) is 0.329. The van der Waals surface area contributed by atoms with Crippen molar-refractivity contribution in [3.63, 3.8) is 0 Å². The third kappa shape index (κ3) is 4.32. The van der Waals surface area contributed by atoms with Crippen LogP contribution in [0.5, 0.6) is 0 Å². The first-order valence-corrected chi connectivity index (χ1v) is 8.40. The summed E-state index contributed by atoms with van der Waals surface area (Å²) in [6.45, 7) is -3.46. The van der Waals surface area contributed by atoms with Gasteiger partial charge in [-0.2, -0.15) is 74.6 Å². The summed E-state index contributed by atoms with van der Waals surface area (Å²) in [5.41, 5.74) is 1.24. The molecule has 0 saturated heterocycles. The molecule has 0 atom stereocenters. The second-order valence-corrected chi connectivity index (χ2v) is 6.99. The van der Waals surface area contributed by atoms with Gasteiger partial charge in [-0.3, -0.25) is 14.6 Å². The molecular weight excluding hydrogens is 581 g/mol. The van der Waals surface area contributed by atoms with E-state index in [2.05, 4.69) is 4.74 Å². The fraction of sp³-hybridized carbons (Fsp3) is 0.714. The van der Waals surface area contributed by atoms with Gasteiger partial charge in [-0.05, 0) is 0 Å². The SMILES string of the molecule is Cn1[nH]c(C(=O)OCC(F)(F)C(F)(F)C(F)(F)C(F)(F)C(F)(F)C(F)(F)C(F)(F)C(F)(F)F)c(N)c1=O. The van der Waals surface area contributed by atoms with Gasteiger partial charge in [0.1, 0.15) is 5.69 Å². The van der Waals surface area contributed by atoms with E-state index in [0.717, 1.165) is 7.05 Å². The molecule has 0 fully saturated rings. The molecule has 0 spiro atoms. The van der Waals surface area contributed by atoms with Gasteiger partial charge in [0.2, 0.25) is 0 Å². The number of halogens is 17. The highest BCUT2D eigenvalue weighted by Gasteiger charge is 2.95. The Labute approximate surface area is 190 Å². The first-order chi connectivity index (χ1) is 16.0. The number of hydrogen-bond acceptors (Lipinski definition) is 4. The van der Waals surface area contributed by atoms with Crippen molar-refractivity contribution in [2.45, 2.75) is 47.6 Å². The molecule has 1 aromatic rings. The molecule has 0 aromatic carbocycles. The average Bonchev–Trinajstić information content (AvgIpc) is 2.97. The monoisotopic (exact) mass is 589 g/mol. The highest BCUT2D eigenvalue weighted by molar-refractivity contribution is 5.92. The maximum Gasteiger partial charge on any atom is 0.460 e. The number of aromatic nitrogens is 2. The number of H-pyrrole nitrogens is 1. The summed E-state index contributed by atoms with van der Waals surface area (Å²) in [5, 5.41) is 1.66. The molecule has 0 aliphatic rings. The van der Waals surface area contributed by atoms with E-state index in [1.165, 1.54) is 0 Å². The second kappa shape index (κ2) is 8.56. The van der Waals surface area contributed by atoms with E-state index in [4.69, 9.17) is 5.73 Å². The van der Waals surface area contributed by atoms with Gasteiger partial charge in [0.25, 0.3) is 5.56 Å². The lowest BCUT2D eigenvalue weighted by Crippen LogP contribution is -2.74. The van der Waals surface area contributed by atoms with Gasteiger partial charge < -0.3 is 10.5 Å². The third-order valence-corrected chi connectivity index (χ3v) is 4.46. The number of alkyl halides is 17. The van der Waals surface area contributed by atoms with E-state index in [1.807, 2.05) is 0 Å². The van der Waals surface area contributed by atoms with Gasteiger partial charge in [-0.25, -0.2) is 4.79 Å². The van der Waals surface area contributed by atoms with E-state index in [1.54, 1.807) is 5.10 Å². The number of anilines is 1. The van der Waals surface area contributed by atoms with Crippen molar-refractivity contribution < 1.29 is 84.2 Å². The molecule has 37 heavy (non-hydrogen) atoms. The Morgan fingerprint density at radius 2 is 1.08 bits per heavy atom. The topological polar surface area (TPSA) is 90.1 Å². The van der Waals surface area contributed by atoms with Crippen LogP contribution in [0, 0.1) is 0 Å². The number of aromatic amines is 1. The normalized spacial score (nSPS) is 15.2. The molecule has 0 amide bonds. The molecule has 0 aliphatic heterocycles. The molecule has 0 saturated carbocycles. The van der Waals surface area contributed by atoms with Crippen molar-refractivity contribution in [3.05, 3.63) is 16.0 Å².